The van der Waals surface area contributed by atoms with Crippen LogP contribution < -0.4 is 10.6 Å². The smallest absolute Gasteiger partial charge is 0.00950 e. The van der Waals surface area contributed by atoms with Crippen LogP contribution in [0.1, 0.15) is 51.4 Å². The van der Waals surface area contributed by atoms with Gasteiger partial charge in [0.05, 0.1) is 0 Å². The number of rotatable bonds is 2. The zero-order valence-corrected chi connectivity index (χ0v) is 12.1. The van der Waals surface area contributed by atoms with Crippen molar-refractivity contribution in [3.05, 3.63) is 0 Å². The van der Waals surface area contributed by atoms with Crippen molar-refractivity contribution in [2.75, 3.05) is 14.1 Å². The Morgan fingerprint density at radius 1 is 0.611 bits per heavy atom. The van der Waals surface area contributed by atoms with Crippen molar-refractivity contribution in [3.8, 4) is 0 Å². The molecule has 0 saturated heterocycles. The van der Waals surface area contributed by atoms with Gasteiger partial charge in [0.1, 0.15) is 0 Å². The average Bonchev–Trinajstić information content (AvgIpc) is 3.17. The largest absolute Gasteiger partial charge is 0.317 e. The number of hydrogen-bond acceptors (Lipinski definition) is 2. The highest BCUT2D eigenvalue weighted by Crippen LogP contribution is 2.44. The third-order valence-electron chi connectivity index (χ3n) is 6.22. The fourth-order valence-corrected chi connectivity index (χ4v) is 5.20. The summed E-state index contributed by atoms with van der Waals surface area (Å²) in [7, 11) is 4.21. The monoisotopic (exact) mass is 250 g/mol. The molecule has 4 rings (SSSR count). The van der Waals surface area contributed by atoms with Gasteiger partial charge in [0.2, 0.25) is 0 Å². The molecule has 2 nitrogen and oxygen atoms in total. The van der Waals surface area contributed by atoms with Crippen LogP contribution in [0.2, 0.25) is 0 Å². The number of hydrogen-bond donors (Lipinski definition) is 2. The topological polar surface area (TPSA) is 24.1 Å². The lowest BCUT2D eigenvalue weighted by molar-refractivity contribution is 0.372. The van der Waals surface area contributed by atoms with Crippen LogP contribution in [0.5, 0.6) is 0 Å². The minimum atomic E-state index is 0.878. The van der Waals surface area contributed by atoms with Gasteiger partial charge in [0.15, 0.2) is 0 Å². The molecule has 4 aliphatic carbocycles. The van der Waals surface area contributed by atoms with Crippen molar-refractivity contribution in [1.82, 2.24) is 10.6 Å². The molecule has 4 aliphatic rings. The van der Waals surface area contributed by atoms with E-state index in [4.69, 9.17) is 0 Å². The second-order valence-corrected chi connectivity index (χ2v) is 7.14. The molecule has 0 heterocycles. The first kappa shape index (κ1) is 12.9. The second kappa shape index (κ2) is 5.50. The lowest BCUT2D eigenvalue weighted by Crippen LogP contribution is -2.30. The molecule has 0 amide bonds. The van der Waals surface area contributed by atoms with Gasteiger partial charge >= 0.3 is 0 Å². The van der Waals surface area contributed by atoms with Crippen molar-refractivity contribution in [2.24, 2.45) is 23.7 Å². The highest BCUT2D eigenvalue weighted by atomic mass is 14.9. The van der Waals surface area contributed by atoms with Gasteiger partial charge in [-0.05, 0) is 76.3 Å². The normalized spacial score (nSPS) is 48.3. The van der Waals surface area contributed by atoms with Gasteiger partial charge in [-0.2, -0.15) is 0 Å². The third-order valence-corrected chi connectivity index (χ3v) is 6.22. The fourth-order valence-electron chi connectivity index (χ4n) is 5.20. The molecule has 4 saturated carbocycles. The van der Waals surface area contributed by atoms with Crippen molar-refractivity contribution in [2.45, 2.75) is 63.5 Å². The maximum Gasteiger partial charge on any atom is 0.00950 e. The van der Waals surface area contributed by atoms with E-state index in [-0.39, 0.29) is 0 Å². The molecule has 104 valence electrons. The molecule has 0 aliphatic heterocycles. The first-order valence-corrected chi connectivity index (χ1v) is 8.14. The molecule has 4 fully saturated rings. The number of nitrogens with one attached hydrogen (secondary N) is 2. The Morgan fingerprint density at radius 3 is 1.22 bits per heavy atom. The highest BCUT2D eigenvalue weighted by Gasteiger charge is 2.39. The van der Waals surface area contributed by atoms with Crippen LogP contribution in [0.4, 0.5) is 0 Å². The van der Waals surface area contributed by atoms with Crippen LogP contribution in [0.15, 0.2) is 0 Å². The average molecular weight is 250 g/mol. The van der Waals surface area contributed by atoms with Crippen LogP contribution in [0, 0.1) is 23.7 Å². The molecular weight excluding hydrogens is 220 g/mol. The minimum absolute atomic E-state index is 0.878. The Morgan fingerprint density at radius 2 is 1.06 bits per heavy atom. The summed E-state index contributed by atoms with van der Waals surface area (Å²) in [5.74, 6) is 4.26. The maximum absolute atomic E-state index is 3.40. The summed E-state index contributed by atoms with van der Waals surface area (Å²) in [6, 6.07) is 1.76. The Hall–Kier alpha value is -0.0800. The molecule has 18 heavy (non-hydrogen) atoms. The van der Waals surface area contributed by atoms with Crippen molar-refractivity contribution < 1.29 is 0 Å². The van der Waals surface area contributed by atoms with Gasteiger partial charge in [0, 0.05) is 12.1 Å². The van der Waals surface area contributed by atoms with Crippen LogP contribution in [-0.2, 0) is 0 Å². The molecule has 2 heteroatoms. The van der Waals surface area contributed by atoms with Crippen molar-refractivity contribution in [3.63, 3.8) is 0 Å². The Bertz CT molecular complexity index is 250. The summed E-state index contributed by atoms with van der Waals surface area (Å²) in [4.78, 5) is 0. The molecule has 0 spiro atoms. The molecular formula is C16H30N2. The lowest BCUT2D eigenvalue weighted by Gasteiger charge is -2.20. The zero-order valence-electron chi connectivity index (χ0n) is 12.1. The molecule has 4 bridgehead atoms. The minimum Gasteiger partial charge on any atom is -0.317 e. The van der Waals surface area contributed by atoms with Gasteiger partial charge in [-0.15, -0.1) is 0 Å². The van der Waals surface area contributed by atoms with E-state index >= 15 is 0 Å². The van der Waals surface area contributed by atoms with E-state index in [1.165, 1.54) is 51.4 Å². The van der Waals surface area contributed by atoms with Crippen molar-refractivity contribution >= 4 is 0 Å². The summed E-state index contributed by atoms with van der Waals surface area (Å²) >= 11 is 0. The zero-order chi connectivity index (χ0) is 12.5. The van der Waals surface area contributed by atoms with Gasteiger partial charge in [0.25, 0.3) is 0 Å². The van der Waals surface area contributed by atoms with E-state index in [0.29, 0.717) is 0 Å². The van der Waals surface area contributed by atoms with Crippen LogP contribution >= 0.6 is 0 Å². The molecule has 6 atom stereocenters. The Kier molecular flexibility index (Phi) is 3.95. The van der Waals surface area contributed by atoms with Gasteiger partial charge in [-0.3, -0.25) is 0 Å². The first-order valence-electron chi connectivity index (χ1n) is 8.14. The predicted octanol–water partition coefficient (Wildman–Crippen LogP) is 2.79. The maximum atomic E-state index is 3.40. The molecule has 0 aromatic rings. The van der Waals surface area contributed by atoms with Gasteiger partial charge < -0.3 is 10.6 Å². The standard InChI is InChI=1S/2C8H15N/c2*1-9-8-5-6-2-3-7(8)4-6/h2*6-9H,2-5H2,1H3/t2*6-,7+,8+/m10/s1. The van der Waals surface area contributed by atoms with Gasteiger partial charge in [-0.25, -0.2) is 0 Å². The molecule has 0 radical (unpaired) electrons. The fraction of sp³-hybridized carbons (Fsp3) is 1.00. The highest BCUT2D eigenvalue weighted by molar-refractivity contribution is 4.93. The Labute approximate surface area is 112 Å². The first-order chi connectivity index (χ1) is 8.80. The van der Waals surface area contributed by atoms with E-state index < -0.39 is 0 Å². The molecule has 0 aromatic heterocycles. The summed E-state index contributed by atoms with van der Waals surface area (Å²) in [5.41, 5.74) is 0. The van der Waals surface area contributed by atoms with Gasteiger partial charge in [-0.1, -0.05) is 12.8 Å². The number of fused-ring (bicyclic) bond motifs is 4. The third kappa shape index (κ3) is 2.46. The van der Waals surface area contributed by atoms with E-state index in [1.807, 2.05) is 0 Å². The SMILES string of the molecule is CN[C@@H]1C[C@H]2CC[C@@H]1C2.CN[C@H]1C[C@@H]2CC[C@H]1C2. The lowest BCUT2D eigenvalue weighted by atomic mass is 9.96. The summed E-state index contributed by atoms with van der Waals surface area (Å²) in [5, 5.41) is 6.79. The quantitative estimate of drug-likeness (QED) is 0.787. The molecule has 0 unspecified atom stereocenters. The van der Waals surface area contributed by atoms with E-state index in [1.54, 1.807) is 0 Å². The second-order valence-electron chi connectivity index (χ2n) is 7.14. The van der Waals surface area contributed by atoms with E-state index in [2.05, 4.69) is 24.7 Å². The van der Waals surface area contributed by atoms with Crippen LogP contribution in [0.3, 0.4) is 0 Å². The van der Waals surface area contributed by atoms with E-state index in [9.17, 15) is 0 Å². The van der Waals surface area contributed by atoms with Crippen LogP contribution in [-0.4, -0.2) is 26.2 Å². The summed E-state index contributed by atoms with van der Waals surface area (Å²) in [6.45, 7) is 0. The van der Waals surface area contributed by atoms with Crippen LogP contribution in [0.25, 0.3) is 0 Å². The molecule has 2 N–H and O–H groups in total. The summed E-state index contributed by atoms with van der Waals surface area (Å²) in [6.07, 6.45) is 12.0. The van der Waals surface area contributed by atoms with E-state index in [0.717, 1.165) is 35.8 Å². The van der Waals surface area contributed by atoms with Crippen molar-refractivity contribution in [1.29, 1.82) is 0 Å². The Balaban J connectivity index is 0.000000111. The molecule has 0 aromatic carbocycles. The summed E-state index contributed by atoms with van der Waals surface area (Å²) < 4.78 is 0. The predicted molar refractivity (Wildman–Crippen MR) is 76.6 cm³/mol.